The normalized spacial score (nSPS) is 11.4. The van der Waals surface area contributed by atoms with Gasteiger partial charge in [-0.25, -0.2) is 0 Å². The molecular weight excluding hydrogens is 739 g/mol. The van der Waals surface area contributed by atoms with Crippen molar-refractivity contribution in [2.24, 2.45) is 10.7 Å². The smallest absolute Gasteiger partial charge is 0.0671 e. The number of allylic oxidation sites excluding steroid dienone is 1. The quantitative estimate of drug-likeness (QED) is 0.127. The van der Waals surface area contributed by atoms with Gasteiger partial charge in [0, 0.05) is 22.2 Å². The Morgan fingerprint density at radius 2 is 0.984 bits per heavy atom. The van der Waals surface area contributed by atoms with Crippen LogP contribution in [0.2, 0.25) is 0 Å². The summed E-state index contributed by atoms with van der Waals surface area (Å²) in [5, 5.41) is 9.96. The van der Waals surface area contributed by atoms with E-state index < -0.39 is 0 Å². The van der Waals surface area contributed by atoms with Crippen LogP contribution < -0.4 is 5.73 Å². The topological polar surface area (TPSA) is 43.3 Å². The molecule has 0 saturated carbocycles. The molecular formula is C58H55N3. The minimum atomic E-state index is 0.512. The number of aliphatic imine (C=N–C) groups is 1. The second kappa shape index (κ2) is 19.7. The Labute approximate surface area is 361 Å². The van der Waals surface area contributed by atoms with E-state index in [1.807, 2.05) is 96.1 Å². The lowest BCUT2D eigenvalue weighted by atomic mass is 9.88. The maximum atomic E-state index is 6.64. The summed E-state index contributed by atoms with van der Waals surface area (Å²) in [7, 11) is 0. The van der Waals surface area contributed by atoms with Gasteiger partial charge in [0.05, 0.1) is 23.3 Å². The van der Waals surface area contributed by atoms with Crippen LogP contribution in [0.3, 0.4) is 0 Å². The third-order valence-electron chi connectivity index (χ3n) is 10.8. The van der Waals surface area contributed by atoms with Gasteiger partial charge in [0.15, 0.2) is 0 Å². The fourth-order valence-corrected chi connectivity index (χ4v) is 8.25. The molecule has 0 unspecified atom stereocenters. The van der Waals surface area contributed by atoms with Crippen LogP contribution in [0.4, 0.5) is 0 Å². The Kier molecular flexibility index (Phi) is 13.5. The van der Waals surface area contributed by atoms with E-state index in [9.17, 15) is 0 Å². The first-order valence-corrected chi connectivity index (χ1v) is 21.8. The third kappa shape index (κ3) is 8.33. The molecule has 0 radical (unpaired) electrons. The van der Waals surface area contributed by atoms with E-state index in [2.05, 4.69) is 150 Å². The summed E-state index contributed by atoms with van der Waals surface area (Å²) in [6.07, 6.45) is 2.00. The number of hydrogen-bond acceptors (Lipinski definition) is 2. The van der Waals surface area contributed by atoms with Crippen molar-refractivity contribution in [3.8, 4) is 16.8 Å². The summed E-state index contributed by atoms with van der Waals surface area (Å²) in [4.78, 5) is 5.21. The van der Waals surface area contributed by atoms with Crippen LogP contribution in [-0.4, -0.2) is 10.3 Å². The summed E-state index contributed by atoms with van der Waals surface area (Å²) in [6, 6.07) is 69.2. The van der Waals surface area contributed by atoms with Crippen LogP contribution in [-0.2, 0) is 6.54 Å². The molecule has 3 heteroatoms. The van der Waals surface area contributed by atoms with E-state index in [0.29, 0.717) is 12.2 Å². The van der Waals surface area contributed by atoms with Crippen LogP contribution in [0.5, 0.6) is 0 Å². The Morgan fingerprint density at radius 3 is 1.67 bits per heavy atom. The zero-order valence-corrected chi connectivity index (χ0v) is 36.2. The van der Waals surface area contributed by atoms with Gasteiger partial charge in [-0.2, -0.15) is 0 Å². The number of para-hydroxylation sites is 2. The predicted octanol–water partition coefficient (Wildman–Crippen LogP) is 16.0. The minimum Gasteiger partial charge on any atom is -0.398 e. The summed E-state index contributed by atoms with van der Waals surface area (Å²) in [6.45, 7) is 12.5. The van der Waals surface area contributed by atoms with E-state index in [4.69, 9.17) is 10.7 Å². The largest absolute Gasteiger partial charge is 0.398 e. The van der Waals surface area contributed by atoms with E-state index >= 15 is 0 Å². The van der Waals surface area contributed by atoms with Crippen molar-refractivity contribution in [2.75, 3.05) is 0 Å². The Morgan fingerprint density at radius 1 is 0.459 bits per heavy atom. The molecule has 0 amide bonds. The molecule has 61 heavy (non-hydrogen) atoms. The van der Waals surface area contributed by atoms with Crippen molar-refractivity contribution >= 4 is 65.5 Å². The van der Waals surface area contributed by atoms with Crippen molar-refractivity contribution in [3.05, 3.63) is 217 Å². The minimum absolute atomic E-state index is 0.512. The van der Waals surface area contributed by atoms with Gasteiger partial charge in [-0.05, 0) is 96.5 Å². The molecule has 0 aliphatic carbocycles. The van der Waals surface area contributed by atoms with Crippen molar-refractivity contribution < 1.29 is 0 Å². The zero-order chi connectivity index (χ0) is 42.7. The number of hydrogen-bond donors (Lipinski definition) is 1. The van der Waals surface area contributed by atoms with Crippen LogP contribution in [0.1, 0.15) is 58.2 Å². The summed E-state index contributed by atoms with van der Waals surface area (Å²) >= 11 is 0. The first kappa shape index (κ1) is 41.9. The van der Waals surface area contributed by atoms with Gasteiger partial charge in [-0.15, -0.1) is 0 Å². The first-order valence-electron chi connectivity index (χ1n) is 21.8. The predicted molar refractivity (Wildman–Crippen MR) is 268 cm³/mol. The summed E-state index contributed by atoms with van der Waals surface area (Å²) < 4.78 is 2.40. The average Bonchev–Trinajstić information content (AvgIpc) is 3.69. The molecule has 0 spiro atoms. The van der Waals surface area contributed by atoms with E-state index in [0.717, 1.165) is 28.1 Å². The third-order valence-corrected chi connectivity index (χ3v) is 10.8. The molecule has 9 aromatic carbocycles. The van der Waals surface area contributed by atoms with Crippen LogP contribution in [0.15, 0.2) is 205 Å². The number of nitrogens with zero attached hydrogens (tertiary/aromatic N) is 2. The van der Waals surface area contributed by atoms with Gasteiger partial charge in [0.2, 0.25) is 0 Å². The van der Waals surface area contributed by atoms with Gasteiger partial charge >= 0.3 is 0 Å². The number of aromatic nitrogens is 1. The Bertz CT molecular complexity index is 3100. The fraction of sp³-hybridized carbons (Fsp3) is 0.121. The zero-order valence-electron chi connectivity index (χ0n) is 36.2. The first-order chi connectivity index (χ1) is 30.2. The molecule has 0 aliphatic heterocycles. The molecule has 2 N–H and O–H groups in total. The Balaban J connectivity index is 0.000000898. The highest BCUT2D eigenvalue weighted by Gasteiger charge is 2.17. The highest BCUT2D eigenvalue weighted by Crippen LogP contribution is 2.42. The molecule has 1 heterocycles. The molecule has 0 saturated heterocycles. The monoisotopic (exact) mass is 793 g/mol. The second-order valence-electron chi connectivity index (χ2n) is 14.1. The molecule has 0 aliphatic rings. The molecule has 10 rings (SSSR count). The number of nitrogens with two attached hydrogens (primary N) is 1. The lowest BCUT2D eigenvalue weighted by molar-refractivity contribution is 1.07. The second-order valence-corrected chi connectivity index (χ2v) is 14.1. The maximum Gasteiger partial charge on any atom is 0.0671 e. The maximum absolute atomic E-state index is 6.64. The molecule has 0 fully saturated rings. The van der Waals surface area contributed by atoms with E-state index in [1.165, 1.54) is 65.3 Å². The van der Waals surface area contributed by atoms with Gasteiger partial charge in [0.1, 0.15) is 0 Å². The SMILES string of the molecule is CC.CC.CC.N/C(=C\C(=NCc1ccc2c3ccccc3c3cccc(-c4ccc5c6ccccc6n(-c6ccccc6)c5c4)c3c2c1)c1ccccc1)c1ccccc1. The highest BCUT2D eigenvalue weighted by molar-refractivity contribution is 6.28. The van der Waals surface area contributed by atoms with Crippen molar-refractivity contribution in [3.63, 3.8) is 0 Å². The van der Waals surface area contributed by atoms with Gasteiger partial charge in [0.25, 0.3) is 0 Å². The highest BCUT2D eigenvalue weighted by atomic mass is 15.0. The molecule has 302 valence electrons. The Hall–Kier alpha value is -7.23. The molecule has 0 atom stereocenters. The van der Waals surface area contributed by atoms with Gasteiger partial charge in [-0.1, -0.05) is 205 Å². The summed E-state index contributed by atoms with van der Waals surface area (Å²) in [5.41, 5.74) is 17.3. The number of fused-ring (bicyclic) bond motifs is 9. The van der Waals surface area contributed by atoms with Crippen LogP contribution in [0.25, 0.3) is 76.6 Å². The lowest BCUT2D eigenvalue weighted by Gasteiger charge is -2.16. The molecule has 3 nitrogen and oxygen atoms in total. The van der Waals surface area contributed by atoms with Gasteiger partial charge < -0.3 is 10.3 Å². The molecule has 1 aromatic heterocycles. The number of rotatable bonds is 7. The standard InChI is InChI=1S/C52H37N3.3C2H6/c53-48(36-15-4-1-5-16-36)33-49(37-17-6-2-7-18-37)54-34-35-27-29-43-41-21-10-11-22-42(41)46-25-14-24-40(52(46)47(43)31-35)38-28-30-45-44-23-12-13-26-50(44)55(51(45)32-38)39-19-8-3-9-20-39;3*1-2/h1-33H,34,53H2;3*1-2H3/b48-33-,54-49?;;;. The average molecular weight is 794 g/mol. The van der Waals surface area contributed by atoms with Crippen molar-refractivity contribution in [2.45, 2.75) is 48.1 Å². The van der Waals surface area contributed by atoms with Crippen molar-refractivity contribution in [1.29, 1.82) is 0 Å². The van der Waals surface area contributed by atoms with E-state index in [-0.39, 0.29) is 0 Å². The fourth-order valence-electron chi connectivity index (χ4n) is 8.25. The molecule has 0 bridgehead atoms. The van der Waals surface area contributed by atoms with Crippen molar-refractivity contribution in [1.82, 2.24) is 4.57 Å². The van der Waals surface area contributed by atoms with E-state index in [1.54, 1.807) is 0 Å². The molecule has 10 aromatic rings. The summed E-state index contributed by atoms with van der Waals surface area (Å²) in [5.74, 6) is 0. The van der Waals surface area contributed by atoms with Crippen LogP contribution in [0, 0.1) is 0 Å². The van der Waals surface area contributed by atoms with Gasteiger partial charge in [-0.3, -0.25) is 4.99 Å². The lowest BCUT2D eigenvalue weighted by Crippen LogP contribution is -2.04. The van der Waals surface area contributed by atoms with Crippen LogP contribution >= 0.6 is 0 Å². The number of benzene rings is 9.